The lowest BCUT2D eigenvalue weighted by molar-refractivity contribution is -0.122. The Balaban J connectivity index is 2.32. The molecule has 0 spiro atoms. The van der Waals surface area contributed by atoms with Gasteiger partial charge in [0.1, 0.15) is 6.04 Å². The number of primary amides is 1. The lowest BCUT2D eigenvalue weighted by Gasteiger charge is -2.16. The molecule has 0 saturated carbocycles. The monoisotopic (exact) mass is 343 g/mol. The van der Waals surface area contributed by atoms with Gasteiger partial charge in [0.2, 0.25) is 5.91 Å². The van der Waals surface area contributed by atoms with Crippen LogP contribution in [0.15, 0.2) is 24.3 Å². The van der Waals surface area contributed by atoms with E-state index in [0.717, 1.165) is 18.6 Å². The number of nitrogens with one attached hydrogen (secondary N) is 2. The smallest absolute Gasteiger partial charge is 0.312 e. The highest BCUT2D eigenvalue weighted by Crippen LogP contribution is 2.10. The van der Waals surface area contributed by atoms with Gasteiger partial charge in [-0.25, -0.2) is 4.79 Å². The Morgan fingerprint density at radius 3 is 2.59 bits per heavy atom. The zero-order valence-electron chi connectivity index (χ0n) is 12.6. The molecule has 1 aromatic carbocycles. The van der Waals surface area contributed by atoms with E-state index in [1.54, 1.807) is 11.8 Å². The zero-order valence-corrected chi connectivity index (χ0v) is 14.2. The first-order chi connectivity index (χ1) is 10.5. The minimum absolute atomic E-state index is 0.191. The van der Waals surface area contributed by atoms with Crippen molar-refractivity contribution in [3.05, 3.63) is 34.9 Å². The van der Waals surface area contributed by atoms with Gasteiger partial charge in [-0.2, -0.15) is 11.8 Å². The summed E-state index contributed by atoms with van der Waals surface area (Å²) in [6.07, 6.45) is 4.19. The molecule has 0 saturated heterocycles. The first kappa shape index (κ1) is 18.6. The molecule has 3 amide bonds. The molecular weight excluding hydrogens is 322 g/mol. The van der Waals surface area contributed by atoms with Crippen LogP contribution in [0.3, 0.4) is 0 Å². The summed E-state index contributed by atoms with van der Waals surface area (Å²) >= 11 is 7.45. The van der Waals surface area contributed by atoms with E-state index in [1.807, 2.05) is 30.5 Å². The molecule has 1 atom stereocenters. The Morgan fingerprint density at radius 1 is 1.32 bits per heavy atom. The van der Waals surface area contributed by atoms with Crippen molar-refractivity contribution in [1.29, 1.82) is 0 Å². The van der Waals surface area contributed by atoms with Crippen molar-refractivity contribution in [3.8, 4) is 0 Å². The van der Waals surface area contributed by atoms with E-state index in [-0.39, 0.29) is 5.91 Å². The SMILES string of the molecule is CSCC[C@@H](NC(N)=O)C(=O)NCCCc1ccc(Cl)cc1. The fourth-order valence-electron chi connectivity index (χ4n) is 1.95. The second kappa shape index (κ2) is 10.3. The van der Waals surface area contributed by atoms with Crippen molar-refractivity contribution < 1.29 is 9.59 Å². The van der Waals surface area contributed by atoms with Crippen LogP contribution >= 0.6 is 23.4 Å². The van der Waals surface area contributed by atoms with Crippen LogP contribution in [0.5, 0.6) is 0 Å². The van der Waals surface area contributed by atoms with Crippen molar-refractivity contribution >= 4 is 35.3 Å². The molecule has 0 aliphatic rings. The van der Waals surface area contributed by atoms with Crippen LogP contribution in [0.4, 0.5) is 4.79 Å². The number of aryl methyl sites for hydroxylation is 1. The van der Waals surface area contributed by atoms with Crippen LogP contribution in [0.25, 0.3) is 0 Å². The molecule has 0 heterocycles. The van der Waals surface area contributed by atoms with Gasteiger partial charge < -0.3 is 16.4 Å². The Labute approximate surface area is 140 Å². The highest BCUT2D eigenvalue weighted by molar-refractivity contribution is 7.98. The van der Waals surface area contributed by atoms with Gasteiger partial charge in [-0.1, -0.05) is 23.7 Å². The first-order valence-electron chi connectivity index (χ1n) is 7.10. The van der Waals surface area contributed by atoms with Crippen molar-refractivity contribution in [2.24, 2.45) is 5.73 Å². The summed E-state index contributed by atoms with van der Waals surface area (Å²) in [6.45, 7) is 0.553. The maximum Gasteiger partial charge on any atom is 0.312 e. The second-order valence-electron chi connectivity index (χ2n) is 4.86. The van der Waals surface area contributed by atoms with E-state index < -0.39 is 12.1 Å². The number of thioether (sulfide) groups is 1. The molecule has 1 aromatic rings. The Bertz CT molecular complexity index is 482. The minimum atomic E-state index is -0.678. The number of hydrogen-bond acceptors (Lipinski definition) is 3. The molecule has 5 nitrogen and oxygen atoms in total. The van der Waals surface area contributed by atoms with Crippen molar-refractivity contribution in [2.75, 3.05) is 18.6 Å². The Morgan fingerprint density at radius 2 is 2.00 bits per heavy atom. The largest absolute Gasteiger partial charge is 0.354 e. The predicted octanol–water partition coefficient (Wildman–Crippen LogP) is 2.18. The van der Waals surface area contributed by atoms with E-state index in [4.69, 9.17) is 17.3 Å². The fourth-order valence-corrected chi connectivity index (χ4v) is 2.55. The lowest BCUT2D eigenvalue weighted by Crippen LogP contribution is -2.49. The number of benzene rings is 1. The number of urea groups is 1. The number of hydrogen-bond donors (Lipinski definition) is 3. The van der Waals surface area contributed by atoms with Gasteiger partial charge in [-0.3, -0.25) is 4.79 Å². The molecule has 0 aromatic heterocycles. The molecule has 0 fully saturated rings. The van der Waals surface area contributed by atoms with Gasteiger partial charge in [0, 0.05) is 11.6 Å². The third-order valence-electron chi connectivity index (χ3n) is 3.10. The molecule has 1 rings (SSSR count). The van der Waals surface area contributed by atoms with Gasteiger partial charge in [0.25, 0.3) is 0 Å². The minimum Gasteiger partial charge on any atom is -0.354 e. The molecule has 0 aliphatic heterocycles. The van der Waals surface area contributed by atoms with E-state index in [1.165, 1.54) is 5.56 Å². The third kappa shape index (κ3) is 7.56. The molecular formula is C15H22ClN3O2S. The van der Waals surface area contributed by atoms with E-state index in [9.17, 15) is 9.59 Å². The average Bonchev–Trinajstić information content (AvgIpc) is 2.49. The van der Waals surface area contributed by atoms with Gasteiger partial charge in [-0.15, -0.1) is 0 Å². The highest BCUT2D eigenvalue weighted by Gasteiger charge is 2.18. The maximum atomic E-state index is 12.0. The lowest BCUT2D eigenvalue weighted by atomic mass is 10.1. The van der Waals surface area contributed by atoms with Crippen molar-refractivity contribution in [1.82, 2.24) is 10.6 Å². The summed E-state index contributed by atoms with van der Waals surface area (Å²) in [5.74, 6) is 0.590. The van der Waals surface area contributed by atoms with Crippen LogP contribution < -0.4 is 16.4 Å². The molecule has 122 valence electrons. The number of rotatable bonds is 9. The van der Waals surface area contributed by atoms with E-state index in [2.05, 4.69) is 10.6 Å². The number of halogens is 1. The fraction of sp³-hybridized carbons (Fsp3) is 0.467. The number of amides is 3. The molecule has 22 heavy (non-hydrogen) atoms. The molecule has 0 unspecified atom stereocenters. The van der Waals surface area contributed by atoms with Crippen molar-refractivity contribution in [2.45, 2.75) is 25.3 Å². The average molecular weight is 344 g/mol. The predicted molar refractivity (Wildman–Crippen MR) is 92.3 cm³/mol. The summed E-state index contributed by atoms with van der Waals surface area (Å²) in [7, 11) is 0. The van der Waals surface area contributed by atoms with Crippen LogP contribution in [0.1, 0.15) is 18.4 Å². The highest BCUT2D eigenvalue weighted by atomic mass is 35.5. The van der Waals surface area contributed by atoms with E-state index in [0.29, 0.717) is 18.0 Å². The molecule has 0 radical (unpaired) electrons. The quantitative estimate of drug-likeness (QED) is 0.601. The number of carbonyl (C=O) groups is 2. The summed E-state index contributed by atoms with van der Waals surface area (Å²) in [5, 5.41) is 6.03. The van der Waals surface area contributed by atoms with Crippen LogP contribution in [0, 0.1) is 0 Å². The molecule has 7 heteroatoms. The Hall–Kier alpha value is -1.40. The summed E-state index contributed by atoms with van der Waals surface area (Å²) in [6, 6.07) is 6.40. The number of nitrogens with two attached hydrogens (primary N) is 1. The third-order valence-corrected chi connectivity index (χ3v) is 3.99. The van der Waals surface area contributed by atoms with Crippen LogP contribution in [0.2, 0.25) is 5.02 Å². The molecule has 0 bridgehead atoms. The van der Waals surface area contributed by atoms with Gasteiger partial charge in [-0.05, 0) is 49.0 Å². The second-order valence-corrected chi connectivity index (χ2v) is 6.29. The topological polar surface area (TPSA) is 84.2 Å². The van der Waals surface area contributed by atoms with Gasteiger partial charge in [0.05, 0.1) is 0 Å². The van der Waals surface area contributed by atoms with Crippen LogP contribution in [-0.2, 0) is 11.2 Å². The van der Waals surface area contributed by atoms with Crippen LogP contribution in [-0.4, -0.2) is 36.5 Å². The first-order valence-corrected chi connectivity index (χ1v) is 8.87. The van der Waals surface area contributed by atoms with Crippen molar-refractivity contribution in [3.63, 3.8) is 0 Å². The van der Waals surface area contributed by atoms with Gasteiger partial charge >= 0.3 is 6.03 Å². The normalized spacial score (nSPS) is 11.7. The Kier molecular flexibility index (Phi) is 8.77. The summed E-state index contributed by atoms with van der Waals surface area (Å²) in [5.41, 5.74) is 6.27. The summed E-state index contributed by atoms with van der Waals surface area (Å²) in [4.78, 5) is 23.0. The standard InChI is InChI=1S/C15H22ClN3O2S/c1-22-10-8-13(19-15(17)21)14(20)18-9-2-3-11-4-6-12(16)7-5-11/h4-7,13H,2-3,8-10H2,1H3,(H,18,20)(H3,17,19,21)/t13-/m1/s1. The maximum absolute atomic E-state index is 12.0. The van der Waals surface area contributed by atoms with Gasteiger partial charge in [0.15, 0.2) is 0 Å². The zero-order chi connectivity index (χ0) is 16.4. The van der Waals surface area contributed by atoms with E-state index >= 15 is 0 Å². The number of carbonyl (C=O) groups excluding carboxylic acids is 2. The molecule has 0 aliphatic carbocycles. The summed E-state index contributed by atoms with van der Waals surface area (Å²) < 4.78 is 0. The molecule has 4 N–H and O–H groups in total.